The summed E-state index contributed by atoms with van der Waals surface area (Å²) in [6.07, 6.45) is 1.14. The van der Waals surface area contributed by atoms with Gasteiger partial charge in [0.15, 0.2) is 0 Å². The van der Waals surface area contributed by atoms with Crippen molar-refractivity contribution in [3.05, 3.63) is 35.9 Å². The summed E-state index contributed by atoms with van der Waals surface area (Å²) in [6.45, 7) is 6.66. The molecule has 0 nitrogen and oxygen atoms in total. The molecule has 0 aliphatic heterocycles. The van der Waals surface area contributed by atoms with Gasteiger partial charge in [0.2, 0.25) is 0 Å². The second-order valence-electron chi connectivity index (χ2n) is 3.89. The summed E-state index contributed by atoms with van der Waals surface area (Å²) in [5, 5.41) is 0. The van der Waals surface area contributed by atoms with Crippen molar-refractivity contribution in [2.45, 2.75) is 27.2 Å². The molecule has 0 aromatic heterocycles. The second-order valence-corrected chi connectivity index (χ2v) is 3.89. The van der Waals surface area contributed by atoms with Crippen molar-refractivity contribution < 1.29 is 0 Å². The monoisotopic (exact) mass is 186 g/mol. The fourth-order valence-corrected chi connectivity index (χ4v) is 1.44. The van der Waals surface area contributed by atoms with Gasteiger partial charge in [0.25, 0.3) is 0 Å². The van der Waals surface area contributed by atoms with Crippen molar-refractivity contribution in [1.29, 1.82) is 0 Å². The van der Waals surface area contributed by atoms with Crippen LogP contribution in [-0.4, -0.2) is 0 Å². The molecule has 14 heavy (non-hydrogen) atoms. The zero-order valence-electron chi connectivity index (χ0n) is 9.25. The molecular formula is C14H18. The van der Waals surface area contributed by atoms with Crippen LogP contribution in [0.1, 0.15) is 32.8 Å². The molecule has 74 valence electrons. The van der Waals surface area contributed by atoms with E-state index in [0.717, 1.165) is 12.0 Å². The molecule has 1 rings (SSSR count). The van der Waals surface area contributed by atoms with Crippen LogP contribution >= 0.6 is 0 Å². The average molecular weight is 186 g/mol. The first-order valence-corrected chi connectivity index (χ1v) is 5.30. The smallest absolute Gasteiger partial charge is 0.0245 e. The Morgan fingerprint density at radius 2 is 1.79 bits per heavy atom. The van der Waals surface area contributed by atoms with E-state index >= 15 is 0 Å². The highest BCUT2D eigenvalue weighted by Crippen LogP contribution is 2.13. The molecule has 1 aromatic carbocycles. The first kappa shape index (κ1) is 10.9. The summed E-state index contributed by atoms with van der Waals surface area (Å²) < 4.78 is 0. The van der Waals surface area contributed by atoms with Crippen LogP contribution in [0, 0.1) is 23.7 Å². The van der Waals surface area contributed by atoms with E-state index in [1.807, 2.05) is 18.2 Å². The molecule has 0 saturated carbocycles. The van der Waals surface area contributed by atoms with Gasteiger partial charge in [-0.15, -0.1) is 0 Å². The van der Waals surface area contributed by atoms with E-state index < -0.39 is 0 Å². The molecule has 0 saturated heterocycles. The minimum atomic E-state index is 0.523. The molecule has 0 fully saturated rings. The Hall–Kier alpha value is -1.22. The molecule has 0 radical (unpaired) electrons. The lowest BCUT2D eigenvalue weighted by atomic mass is 9.94. The normalized spacial score (nSPS) is 12.0. The summed E-state index contributed by atoms with van der Waals surface area (Å²) in [7, 11) is 0. The molecule has 0 heterocycles. The van der Waals surface area contributed by atoms with Crippen LogP contribution in [-0.2, 0) is 0 Å². The minimum absolute atomic E-state index is 0.523. The third-order valence-electron chi connectivity index (χ3n) is 2.42. The van der Waals surface area contributed by atoms with Gasteiger partial charge in [-0.1, -0.05) is 50.8 Å². The molecule has 0 spiro atoms. The van der Waals surface area contributed by atoms with Crippen LogP contribution in [0.5, 0.6) is 0 Å². The molecule has 1 atom stereocenters. The maximum atomic E-state index is 3.34. The number of benzene rings is 1. The van der Waals surface area contributed by atoms with Crippen molar-refractivity contribution in [2.24, 2.45) is 11.8 Å². The minimum Gasteiger partial charge on any atom is -0.0942 e. The van der Waals surface area contributed by atoms with Gasteiger partial charge in [0.1, 0.15) is 0 Å². The molecular weight excluding hydrogens is 168 g/mol. The largest absolute Gasteiger partial charge is 0.0942 e. The molecule has 0 amide bonds. The quantitative estimate of drug-likeness (QED) is 0.617. The Morgan fingerprint density at radius 1 is 1.14 bits per heavy atom. The van der Waals surface area contributed by atoms with Gasteiger partial charge in [-0.3, -0.25) is 0 Å². The zero-order chi connectivity index (χ0) is 10.4. The predicted molar refractivity (Wildman–Crippen MR) is 61.9 cm³/mol. The lowest BCUT2D eigenvalue weighted by molar-refractivity contribution is 0.468. The van der Waals surface area contributed by atoms with E-state index in [9.17, 15) is 0 Å². The van der Waals surface area contributed by atoms with Gasteiger partial charge in [0.05, 0.1) is 0 Å². The Bertz CT molecular complexity index is 311. The predicted octanol–water partition coefficient (Wildman–Crippen LogP) is 3.72. The third kappa shape index (κ3) is 3.26. The van der Waals surface area contributed by atoms with Gasteiger partial charge in [-0.25, -0.2) is 0 Å². The van der Waals surface area contributed by atoms with Crippen LogP contribution < -0.4 is 0 Å². The van der Waals surface area contributed by atoms with Gasteiger partial charge >= 0.3 is 0 Å². The topological polar surface area (TPSA) is 0 Å². The Labute approximate surface area is 87.4 Å². The molecule has 1 aromatic rings. The summed E-state index contributed by atoms with van der Waals surface area (Å²) in [6, 6.07) is 10.2. The first-order chi connectivity index (χ1) is 6.74. The van der Waals surface area contributed by atoms with E-state index in [0.29, 0.717) is 11.8 Å². The second kappa shape index (κ2) is 5.50. The number of rotatable bonds is 2. The fourth-order valence-electron chi connectivity index (χ4n) is 1.44. The third-order valence-corrected chi connectivity index (χ3v) is 2.42. The van der Waals surface area contributed by atoms with E-state index in [4.69, 9.17) is 0 Å². The maximum absolute atomic E-state index is 3.34. The molecule has 0 bridgehead atoms. The van der Waals surface area contributed by atoms with Crippen molar-refractivity contribution in [3.8, 4) is 11.8 Å². The summed E-state index contributed by atoms with van der Waals surface area (Å²) >= 11 is 0. The van der Waals surface area contributed by atoms with Crippen molar-refractivity contribution in [1.82, 2.24) is 0 Å². The lowest BCUT2D eigenvalue weighted by Crippen LogP contribution is -2.03. The van der Waals surface area contributed by atoms with Crippen LogP contribution in [0.4, 0.5) is 0 Å². The van der Waals surface area contributed by atoms with E-state index in [1.165, 1.54) is 0 Å². The first-order valence-electron chi connectivity index (χ1n) is 5.30. The van der Waals surface area contributed by atoms with Crippen LogP contribution in [0.15, 0.2) is 30.3 Å². The summed E-state index contributed by atoms with van der Waals surface area (Å²) in [5.41, 5.74) is 1.12. The summed E-state index contributed by atoms with van der Waals surface area (Å²) in [4.78, 5) is 0. The highest BCUT2D eigenvalue weighted by molar-refractivity contribution is 5.34. The molecule has 1 unspecified atom stereocenters. The van der Waals surface area contributed by atoms with Gasteiger partial charge in [-0.05, 0) is 24.5 Å². The van der Waals surface area contributed by atoms with Crippen molar-refractivity contribution in [2.75, 3.05) is 0 Å². The van der Waals surface area contributed by atoms with Crippen molar-refractivity contribution >= 4 is 0 Å². The molecule has 0 aliphatic carbocycles. The lowest BCUT2D eigenvalue weighted by Gasteiger charge is -2.10. The van der Waals surface area contributed by atoms with Crippen LogP contribution in [0.3, 0.4) is 0 Å². The van der Waals surface area contributed by atoms with E-state index in [1.54, 1.807) is 0 Å². The highest BCUT2D eigenvalue weighted by atomic mass is 14.1. The van der Waals surface area contributed by atoms with Crippen molar-refractivity contribution in [3.63, 3.8) is 0 Å². The molecule has 0 heteroatoms. The number of hydrogen-bond donors (Lipinski definition) is 0. The van der Waals surface area contributed by atoms with E-state index in [-0.39, 0.29) is 0 Å². The Balaban J connectivity index is 2.71. The average Bonchev–Trinajstić information content (AvgIpc) is 2.20. The zero-order valence-corrected chi connectivity index (χ0v) is 9.25. The number of hydrogen-bond acceptors (Lipinski definition) is 0. The van der Waals surface area contributed by atoms with Gasteiger partial charge < -0.3 is 0 Å². The SMILES string of the molecule is CCC(C#Cc1ccccc1)C(C)C. The molecule has 0 N–H and O–H groups in total. The maximum Gasteiger partial charge on any atom is 0.0245 e. The Morgan fingerprint density at radius 3 is 2.29 bits per heavy atom. The van der Waals surface area contributed by atoms with Crippen LogP contribution in [0.25, 0.3) is 0 Å². The standard InChI is InChI=1S/C14H18/c1-4-14(12(2)3)11-10-13-8-6-5-7-9-13/h5-9,12,14H,4H2,1-3H3. The van der Waals surface area contributed by atoms with Gasteiger partial charge in [-0.2, -0.15) is 0 Å². The molecule has 0 aliphatic rings. The van der Waals surface area contributed by atoms with Crippen LogP contribution in [0.2, 0.25) is 0 Å². The summed E-state index contributed by atoms with van der Waals surface area (Å²) in [5.74, 6) is 7.73. The van der Waals surface area contributed by atoms with E-state index in [2.05, 4.69) is 44.7 Å². The Kier molecular flexibility index (Phi) is 4.26. The highest BCUT2D eigenvalue weighted by Gasteiger charge is 2.06. The fraction of sp³-hybridized carbons (Fsp3) is 0.429. The van der Waals surface area contributed by atoms with Gasteiger partial charge in [0, 0.05) is 11.5 Å².